The molecule has 2 N–H and O–H groups in total. The number of amides is 2. The first-order valence-electron chi connectivity index (χ1n) is 12.4. The number of halogens is 1. The Bertz CT molecular complexity index is 1110. The number of nitrogens with one attached hydrogen (secondary N) is 2. The molecule has 36 heavy (non-hydrogen) atoms. The fourth-order valence-corrected chi connectivity index (χ4v) is 5.30. The van der Waals surface area contributed by atoms with Crippen molar-refractivity contribution < 1.29 is 27.9 Å². The Morgan fingerprint density at radius 3 is 2.47 bits per heavy atom. The SMILES string of the molecule is COC(=O)C1CC(NC(C)(C)C)CCC1N1CC[C@H](NC(=O)c2ccc(-c3ccc(F)cc3)o2)C1=O. The number of benzene rings is 1. The lowest BCUT2D eigenvalue weighted by molar-refractivity contribution is -0.151. The molecule has 0 bridgehead atoms. The number of hydrogen-bond acceptors (Lipinski definition) is 6. The normalized spacial score (nSPS) is 24.6. The van der Waals surface area contributed by atoms with Crippen molar-refractivity contribution in [2.45, 2.75) is 70.1 Å². The first-order valence-corrected chi connectivity index (χ1v) is 12.4. The van der Waals surface area contributed by atoms with Crippen molar-refractivity contribution in [2.75, 3.05) is 13.7 Å². The van der Waals surface area contributed by atoms with Crippen LogP contribution in [-0.4, -0.2) is 60.0 Å². The fraction of sp³-hybridized carbons (Fsp3) is 0.519. The van der Waals surface area contributed by atoms with Gasteiger partial charge in [-0.25, -0.2) is 4.39 Å². The van der Waals surface area contributed by atoms with E-state index in [2.05, 4.69) is 31.4 Å². The van der Waals surface area contributed by atoms with Gasteiger partial charge in [0, 0.05) is 29.7 Å². The zero-order valence-electron chi connectivity index (χ0n) is 21.2. The molecule has 0 spiro atoms. The van der Waals surface area contributed by atoms with Crippen molar-refractivity contribution in [2.24, 2.45) is 5.92 Å². The Balaban J connectivity index is 1.40. The van der Waals surface area contributed by atoms with Gasteiger partial charge in [0.05, 0.1) is 13.0 Å². The van der Waals surface area contributed by atoms with Crippen LogP contribution in [0.25, 0.3) is 11.3 Å². The number of carbonyl (C=O) groups is 3. The number of methoxy groups -OCH3 is 1. The van der Waals surface area contributed by atoms with Crippen molar-refractivity contribution in [1.82, 2.24) is 15.5 Å². The van der Waals surface area contributed by atoms with Gasteiger partial charge >= 0.3 is 5.97 Å². The monoisotopic (exact) mass is 499 g/mol. The second-order valence-electron chi connectivity index (χ2n) is 10.6. The molecular formula is C27H34FN3O5. The second-order valence-corrected chi connectivity index (χ2v) is 10.6. The van der Waals surface area contributed by atoms with Gasteiger partial charge in [-0.05, 0) is 82.9 Å². The summed E-state index contributed by atoms with van der Waals surface area (Å²) in [6.07, 6.45) is 2.56. The quantitative estimate of drug-likeness (QED) is 0.590. The van der Waals surface area contributed by atoms with E-state index in [0.29, 0.717) is 37.1 Å². The minimum atomic E-state index is -0.694. The Morgan fingerprint density at radius 1 is 1.08 bits per heavy atom. The lowest BCUT2D eigenvalue weighted by Gasteiger charge is -2.41. The predicted octanol–water partition coefficient (Wildman–Crippen LogP) is 3.51. The molecule has 1 aliphatic carbocycles. The number of rotatable bonds is 6. The number of furan rings is 1. The van der Waals surface area contributed by atoms with Crippen LogP contribution in [0, 0.1) is 11.7 Å². The predicted molar refractivity (Wildman–Crippen MR) is 132 cm³/mol. The largest absolute Gasteiger partial charge is 0.469 e. The van der Waals surface area contributed by atoms with Crippen molar-refractivity contribution >= 4 is 17.8 Å². The van der Waals surface area contributed by atoms with Crippen LogP contribution in [0.15, 0.2) is 40.8 Å². The van der Waals surface area contributed by atoms with Crippen LogP contribution >= 0.6 is 0 Å². The molecule has 1 saturated heterocycles. The Morgan fingerprint density at radius 2 is 1.81 bits per heavy atom. The molecule has 2 amide bonds. The minimum Gasteiger partial charge on any atom is -0.469 e. The number of carbonyl (C=O) groups excluding carboxylic acids is 3. The fourth-order valence-electron chi connectivity index (χ4n) is 5.30. The molecule has 2 fully saturated rings. The lowest BCUT2D eigenvalue weighted by atomic mass is 9.80. The number of likely N-dealkylation sites (tertiary alicyclic amines) is 1. The van der Waals surface area contributed by atoms with Gasteiger partial charge in [-0.3, -0.25) is 14.4 Å². The molecule has 2 aliphatic rings. The van der Waals surface area contributed by atoms with Gasteiger partial charge in [0.1, 0.15) is 17.6 Å². The van der Waals surface area contributed by atoms with Gasteiger partial charge < -0.3 is 24.7 Å². The summed E-state index contributed by atoms with van der Waals surface area (Å²) in [5.41, 5.74) is 0.559. The Hall–Kier alpha value is -3.20. The third-order valence-corrected chi connectivity index (χ3v) is 6.86. The van der Waals surface area contributed by atoms with E-state index >= 15 is 0 Å². The molecular weight excluding hydrogens is 465 g/mol. The molecule has 0 radical (unpaired) electrons. The zero-order valence-corrected chi connectivity index (χ0v) is 21.2. The molecule has 2 aromatic rings. The number of esters is 1. The van der Waals surface area contributed by atoms with Crippen molar-refractivity contribution in [3.05, 3.63) is 48.0 Å². The van der Waals surface area contributed by atoms with Crippen LogP contribution in [0.3, 0.4) is 0 Å². The van der Waals surface area contributed by atoms with Crippen LogP contribution in [0.2, 0.25) is 0 Å². The lowest BCUT2D eigenvalue weighted by Crippen LogP contribution is -2.55. The van der Waals surface area contributed by atoms with E-state index in [-0.39, 0.29) is 41.1 Å². The van der Waals surface area contributed by atoms with Gasteiger partial charge in [0.25, 0.3) is 5.91 Å². The standard InChI is InChI=1S/C27H34FN3O5/c1-27(2,3)30-18-9-10-21(19(15-18)26(34)35-4)31-14-13-20(25(31)33)29-24(32)23-12-11-22(36-23)16-5-7-17(28)8-6-16/h5-8,11-12,18-21,30H,9-10,13-15H2,1-4H3,(H,29,32)/t18?,19?,20-,21?/m0/s1. The third-order valence-electron chi connectivity index (χ3n) is 6.86. The van der Waals surface area contributed by atoms with Crippen LogP contribution in [0.4, 0.5) is 4.39 Å². The maximum absolute atomic E-state index is 13.3. The minimum absolute atomic E-state index is 0.0711. The summed E-state index contributed by atoms with van der Waals surface area (Å²) in [7, 11) is 1.37. The molecule has 8 nitrogen and oxygen atoms in total. The number of nitrogens with zero attached hydrogens (tertiary/aromatic N) is 1. The van der Waals surface area contributed by atoms with E-state index in [0.717, 1.165) is 6.42 Å². The van der Waals surface area contributed by atoms with Crippen molar-refractivity contribution in [1.29, 1.82) is 0 Å². The smallest absolute Gasteiger partial charge is 0.310 e. The summed E-state index contributed by atoms with van der Waals surface area (Å²) in [4.78, 5) is 40.5. The highest BCUT2D eigenvalue weighted by atomic mass is 19.1. The van der Waals surface area contributed by atoms with Crippen LogP contribution in [-0.2, 0) is 14.3 Å². The molecule has 9 heteroatoms. The number of ether oxygens (including phenoxy) is 1. The molecule has 1 aromatic heterocycles. The molecule has 3 unspecified atom stereocenters. The van der Waals surface area contributed by atoms with E-state index in [9.17, 15) is 18.8 Å². The van der Waals surface area contributed by atoms with E-state index in [4.69, 9.17) is 9.15 Å². The molecule has 194 valence electrons. The molecule has 1 saturated carbocycles. The molecule has 2 heterocycles. The van der Waals surface area contributed by atoms with Crippen LogP contribution < -0.4 is 10.6 Å². The Kier molecular flexibility index (Phi) is 7.49. The first kappa shape index (κ1) is 25.9. The summed E-state index contributed by atoms with van der Waals surface area (Å²) in [6, 6.07) is 8.13. The average Bonchev–Trinajstić information content (AvgIpc) is 3.46. The van der Waals surface area contributed by atoms with Crippen molar-refractivity contribution in [3.63, 3.8) is 0 Å². The molecule has 4 rings (SSSR count). The van der Waals surface area contributed by atoms with Gasteiger partial charge in [0.15, 0.2) is 5.76 Å². The van der Waals surface area contributed by atoms with E-state index in [1.54, 1.807) is 23.1 Å². The first-order chi connectivity index (χ1) is 17.1. The highest BCUT2D eigenvalue weighted by Crippen LogP contribution is 2.33. The maximum atomic E-state index is 13.3. The maximum Gasteiger partial charge on any atom is 0.310 e. The van der Waals surface area contributed by atoms with E-state index in [1.807, 2.05) is 0 Å². The Labute approximate surface area is 210 Å². The van der Waals surface area contributed by atoms with Gasteiger partial charge in [0.2, 0.25) is 5.91 Å². The van der Waals surface area contributed by atoms with E-state index in [1.165, 1.54) is 25.3 Å². The highest BCUT2D eigenvalue weighted by Gasteiger charge is 2.45. The topological polar surface area (TPSA) is 101 Å². The number of hydrogen-bond donors (Lipinski definition) is 2. The summed E-state index contributed by atoms with van der Waals surface area (Å²) < 4.78 is 23.9. The molecule has 1 aliphatic heterocycles. The summed E-state index contributed by atoms with van der Waals surface area (Å²) in [5.74, 6) is -1.29. The highest BCUT2D eigenvalue weighted by molar-refractivity contribution is 5.96. The van der Waals surface area contributed by atoms with Crippen molar-refractivity contribution in [3.8, 4) is 11.3 Å². The molecule has 1 aromatic carbocycles. The summed E-state index contributed by atoms with van der Waals surface area (Å²) in [6.45, 7) is 6.72. The van der Waals surface area contributed by atoms with E-state index < -0.39 is 17.9 Å². The zero-order chi connectivity index (χ0) is 26.0. The molecule has 4 atom stereocenters. The third kappa shape index (κ3) is 5.78. The summed E-state index contributed by atoms with van der Waals surface area (Å²) in [5, 5.41) is 6.34. The average molecular weight is 500 g/mol. The van der Waals surface area contributed by atoms with Crippen LogP contribution in [0.5, 0.6) is 0 Å². The van der Waals surface area contributed by atoms with Gasteiger partial charge in [-0.2, -0.15) is 0 Å². The van der Waals surface area contributed by atoms with Gasteiger partial charge in [-0.1, -0.05) is 0 Å². The summed E-state index contributed by atoms with van der Waals surface area (Å²) >= 11 is 0. The van der Waals surface area contributed by atoms with Gasteiger partial charge in [-0.15, -0.1) is 0 Å². The van der Waals surface area contributed by atoms with Crippen LogP contribution in [0.1, 0.15) is 57.0 Å². The second kappa shape index (κ2) is 10.4.